The van der Waals surface area contributed by atoms with Gasteiger partial charge in [0.15, 0.2) is 0 Å². The fourth-order valence-electron chi connectivity index (χ4n) is 5.01. The lowest BCUT2D eigenvalue weighted by Crippen LogP contribution is -2.32. The molecule has 1 aliphatic heterocycles. The minimum Gasteiger partial charge on any atom is -0.373 e. The second-order valence-electron chi connectivity index (χ2n) is 9.22. The second kappa shape index (κ2) is 9.95. The third kappa shape index (κ3) is 4.69. The van der Waals surface area contributed by atoms with E-state index >= 15 is 0 Å². The number of nitrogens with one attached hydrogen (secondary N) is 1. The van der Waals surface area contributed by atoms with Crippen molar-refractivity contribution >= 4 is 11.3 Å². The number of aliphatic hydroxyl groups excluding tert-OH is 1. The van der Waals surface area contributed by atoms with Crippen molar-refractivity contribution in [1.82, 2.24) is 19.7 Å². The highest BCUT2D eigenvalue weighted by Gasteiger charge is 2.21. The van der Waals surface area contributed by atoms with Crippen molar-refractivity contribution in [2.45, 2.75) is 51.8 Å². The van der Waals surface area contributed by atoms with Crippen molar-refractivity contribution in [1.29, 1.82) is 0 Å². The Kier molecular flexibility index (Phi) is 6.61. The van der Waals surface area contributed by atoms with Crippen LogP contribution in [0, 0.1) is 6.92 Å². The first-order valence-electron chi connectivity index (χ1n) is 12.2. The van der Waals surface area contributed by atoms with Crippen molar-refractivity contribution in [3.63, 3.8) is 0 Å². The molecule has 0 aliphatic carbocycles. The van der Waals surface area contributed by atoms with Crippen LogP contribution in [-0.4, -0.2) is 32.6 Å². The van der Waals surface area contributed by atoms with Crippen LogP contribution in [0.5, 0.6) is 0 Å². The van der Waals surface area contributed by atoms with E-state index in [1.54, 1.807) is 0 Å². The van der Waals surface area contributed by atoms with Crippen LogP contribution < -0.4 is 10.2 Å². The maximum Gasteiger partial charge on any atom is 0.148 e. The van der Waals surface area contributed by atoms with Crippen LogP contribution >= 0.6 is 0 Å². The number of hydrogen-bond acceptors (Lipinski definition) is 5. The summed E-state index contributed by atoms with van der Waals surface area (Å²) in [7, 11) is 0. The lowest BCUT2D eigenvalue weighted by atomic mass is 9.90. The van der Waals surface area contributed by atoms with E-state index in [1.165, 1.54) is 11.3 Å². The summed E-state index contributed by atoms with van der Waals surface area (Å²) in [5.74, 6) is 0.626. The number of benzene rings is 1. The third-order valence-corrected chi connectivity index (χ3v) is 6.95. The first-order chi connectivity index (χ1) is 16.6. The number of pyridine rings is 2. The van der Waals surface area contributed by atoms with E-state index in [0.717, 1.165) is 60.5 Å². The van der Waals surface area contributed by atoms with E-state index in [2.05, 4.69) is 71.5 Å². The Morgan fingerprint density at radius 2 is 1.76 bits per heavy atom. The van der Waals surface area contributed by atoms with Gasteiger partial charge in [-0.15, -0.1) is 0 Å². The molecule has 1 aliphatic rings. The lowest BCUT2D eigenvalue weighted by Gasteiger charge is -2.34. The molecule has 2 N–H and O–H groups in total. The van der Waals surface area contributed by atoms with Crippen LogP contribution in [0.3, 0.4) is 0 Å². The van der Waals surface area contributed by atoms with E-state index in [4.69, 9.17) is 4.98 Å². The molecule has 0 bridgehead atoms. The average molecular weight is 456 g/mol. The zero-order valence-corrected chi connectivity index (χ0v) is 20.0. The lowest BCUT2D eigenvalue weighted by molar-refractivity contribution is 0.130. The van der Waals surface area contributed by atoms with Crippen LogP contribution in [0.4, 0.5) is 5.69 Å². The molecular formula is C28H33N5O. The maximum atomic E-state index is 11.0. The van der Waals surface area contributed by atoms with Gasteiger partial charge in [0.1, 0.15) is 11.9 Å². The molecule has 0 spiro atoms. The summed E-state index contributed by atoms with van der Waals surface area (Å²) in [6.45, 7) is 6.85. The van der Waals surface area contributed by atoms with Crippen molar-refractivity contribution < 1.29 is 5.11 Å². The largest absolute Gasteiger partial charge is 0.373 e. The number of hydrogen-bond donors (Lipinski definition) is 2. The van der Waals surface area contributed by atoms with E-state index < -0.39 is 6.23 Å². The van der Waals surface area contributed by atoms with Crippen molar-refractivity contribution in [3.8, 4) is 0 Å². The number of aryl methyl sites for hydroxylation is 2. The highest BCUT2D eigenvalue weighted by Crippen LogP contribution is 2.30. The van der Waals surface area contributed by atoms with Crippen LogP contribution in [0.1, 0.15) is 60.0 Å². The van der Waals surface area contributed by atoms with E-state index in [9.17, 15) is 5.11 Å². The number of anilines is 1. The number of rotatable bonds is 7. The summed E-state index contributed by atoms with van der Waals surface area (Å²) in [6.07, 6.45) is 8.15. The molecule has 6 nitrogen and oxygen atoms in total. The summed E-state index contributed by atoms with van der Waals surface area (Å²) in [5.41, 5.74) is 7.59. The number of aromatic nitrogens is 3. The SMILES string of the molecule is CCc1nc2ccc(C)cn2c1C(O)NCc1ccc(N2CCC(c3ccncc3)CC2)cc1. The van der Waals surface area contributed by atoms with Gasteiger partial charge in [-0.3, -0.25) is 14.7 Å². The topological polar surface area (TPSA) is 65.7 Å². The number of imidazole rings is 1. The highest BCUT2D eigenvalue weighted by molar-refractivity contribution is 5.48. The Hall–Kier alpha value is -3.22. The van der Waals surface area contributed by atoms with Gasteiger partial charge in [0.25, 0.3) is 0 Å². The Balaban J connectivity index is 1.20. The summed E-state index contributed by atoms with van der Waals surface area (Å²) in [5, 5.41) is 14.3. The van der Waals surface area contributed by atoms with Crippen LogP contribution in [0.15, 0.2) is 67.1 Å². The van der Waals surface area contributed by atoms with E-state index in [1.807, 2.05) is 29.1 Å². The van der Waals surface area contributed by atoms with Crippen molar-refractivity contribution in [2.24, 2.45) is 0 Å². The molecule has 4 aromatic rings. The molecule has 0 amide bonds. The first kappa shape index (κ1) is 22.6. The Labute approximate surface area is 201 Å². The Bertz CT molecular complexity index is 1230. The molecule has 3 aromatic heterocycles. The number of piperidine rings is 1. The number of aliphatic hydroxyl groups is 1. The molecule has 1 aromatic carbocycles. The predicted octanol–water partition coefficient (Wildman–Crippen LogP) is 4.76. The normalized spacial score (nSPS) is 15.7. The smallest absolute Gasteiger partial charge is 0.148 e. The quantitative estimate of drug-likeness (QED) is 0.393. The van der Waals surface area contributed by atoms with E-state index in [0.29, 0.717) is 12.5 Å². The van der Waals surface area contributed by atoms with Crippen LogP contribution in [-0.2, 0) is 13.0 Å². The molecule has 34 heavy (non-hydrogen) atoms. The summed E-state index contributed by atoms with van der Waals surface area (Å²) in [6, 6.07) is 17.1. The monoisotopic (exact) mass is 455 g/mol. The fraction of sp³-hybridized carbons (Fsp3) is 0.357. The standard InChI is InChI=1S/C28H33N5O/c1-3-25-27(33-19-20(2)4-9-26(33)31-25)28(34)30-18-21-5-7-24(8-6-21)32-16-12-23(13-17-32)22-10-14-29-15-11-22/h4-11,14-15,19,23,28,30,34H,3,12-13,16-18H2,1-2H3. The molecule has 1 saturated heterocycles. The van der Waals surface area contributed by atoms with Crippen LogP contribution in [0.25, 0.3) is 5.65 Å². The van der Waals surface area contributed by atoms with Gasteiger partial charge in [-0.2, -0.15) is 0 Å². The minimum absolute atomic E-state index is 0.591. The molecule has 5 rings (SSSR count). The Morgan fingerprint density at radius 1 is 1.03 bits per heavy atom. The summed E-state index contributed by atoms with van der Waals surface area (Å²) >= 11 is 0. The highest BCUT2D eigenvalue weighted by atomic mass is 16.3. The van der Waals surface area contributed by atoms with Gasteiger partial charge in [0.2, 0.25) is 0 Å². The van der Waals surface area contributed by atoms with Gasteiger partial charge in [-0.05, 0) is 79.1 Å². The Morgan fingerprint density at radius 3 is 2.47 bits per heavy atom. The van der Waals surface area contributed by atoms with E-state index in [-0.39, 0.29) is 0 Å². The molecule has 176 valence electrons. The van der Waals surface area contributed by atoms with Gasteiger partial charge in [0.05, 0.1) is 11.4 Å². The summed E-state index contributed by atoms with van der Waals surface area (Å²) in [4.78, 5) is 11.3. The summed E-state index contributed by atoms with van der Waals surface area (Å²) < 4.78 is 2.00. The maximum absolute atomic E-state index is 11.0. The first-order valence-corrected chi connectivity index (χ1v) is 12.2. The number of fused-ring (bicyclic) bond motifs is 1. The van der Waals surface area contributed by atoms with Crippen molar-refractivity contribution in [3.05, 3.63) is 95.2 Å². The third-order valence-electron chi connectivity index (χ3n) is 6.95. The number of nitrogens with zero attached hydrogens (tertiary/aromatic N) is 4. The molecule has 4 heterocycles. The molecule has 1 atom stereocenters. The zero-order chi connectivity index (χ0) is 23.5. The van der Waals surface area contributed by atoms with Crippen LogP contribution in [0.2, 0.25) is 0 Å². The van der Waals surface area contributed by atoms with Gasteiger partial charge >= 0.3 is 0 Å². The zero-order valence-electron chi connectivity index (χ0n) is 20.0. The average Bonchev–Trinajstić information content (AvgIpc) is 3.26. The van der Waals surface area contributed by atoms with Gasteiger partial charge < -0.3 is 10.0 Å². The predicted molar refractivity (Wildman–Crippen MR) is 136 cm³/mol. The van der Waals surface area contributed by atoms with Gasteiger partial charge in [-0.25, -0.2) is 4.98 Å². The minimum atomic E-state index is -0.779. The fourth-order valence-corrected chi connectivity index (χ4v) is 5.01. The molecule has 0 radical (unpaired) electrons. The van der Waals surface area contributed by atoms with Crippen molar-refractivity contribution in [2.75, 3.05) is 18.0 Å². The molecule has 1 unspecified atom stereocenters. The molecule has 6 heteroatoms. The molecule has 1 fully saturated rings. The molecular weight excluding hydrogens is 422 g/mol. The van der Waals surface area contributed by atoms with Gasteiger partial charge in [-0.1, -0.05) is 25.1 Å². The van der Waals surface area contributed by atoms with Gasteiger partial charge in [0, 0.05) is 43.9 Å². The second-order valence-corrected chi connectivity index (χ2v) is 9.22. The molecule has 0 saturated carbocycles.